The van der Waals surface area contributed by atoms with E-state index in [0.717, 1.165) is 16.9 Å². The molecule has 0 radical (unpaired) electrons. The first-order chi connectivity index (χ1) is 12.3. The molecule has 0 aromatic heterocycles. The van der Waals surface area contributed by atoms with E-state index in [1.165, 1.54) is 6.26 Å². The average Bonchev–Trinajstić information content (AvgIpc) is 2.58. The Bertz CT molecular complexity index is 844. The second-order valence-electron chi connectivity index (χ2n) is 6.40. The molecule has 0 aliphatic carbocycles. The Morgan fingerprint density at radius 3 is 2.46 bits per heavy atom. The molecule has 140 valence electrons. The third-order valence-electron chi connectivity index (χ3n) is 3.99. The van der Waals surface area contributed by atoms with Gasteiger partial charge in [-0.2, -0.15) is 0 Å². The molecule has 0 saturated heterocycles. The van der Waals surface area contributed by atoms with Crippen molar-refractivity contribution < 1.29 is 17.9 Å². The quantitative estimate of drug-likeness (QED) is 0.718. The third-order valence-corrected chi connectivity index (χ3v) is 5.12. The van der Waals surface area contributed by atoms with Gasteiger partial charge in [0.15, 0.2) is 9.84 Å². The molecule has 0 aliphatic rings. The van der Waals surface area contributed by atoms with Gasteiger partial charge in [0.05, 0.1) is 17.5 Å². The van der Waals surface area contributed by atoms with E-state index < -0.39 is 9.84 Å². The van der Waals surface area contributed by atoms with E-state index in [1.54, 1.807) is 24.3 Å². The van der Waals surface area contributed by atoms with E-state index in [-0.39, 0.29) is 16.8 Å². The van der Waals surface area contributed by atoms with Gasteiger partial charge >= 0.3 is 0 Å². The van der Waals surface area contributed by atoms with Crippen molar-refractivity contribution in [2.75, 3.05) is 12.9 Å². The molecule has 1 atom stereocenters. The monoisotopic (exact) mass is 375 g/mol. The van der Waals surface area contributed by atoms with Crippen molar-refractivity contribution >= 4 is 15.7 Å². The van der Waals surface area contributed by atoms with Crippen LogP contribution < -0.4 is 10.1 Å². The zero-order valence-electron chi connectivity index (χ0n) is 15.4. The lowest BCUT2D eigenvalue weighted by atomic mass is 10.1. The maximum absolute atomic E-state index is 12.1. The molecular weight excluding hydrogens is 350 g/mol. The van der Waals surface area contributed by atoms with Crippen LogP contribution in [0.1, 0.15) is 36.9 Å². The molecule has 0 aliphatic heterocycles. The predicted octanol–water partition coefficient (Wildman–Crippen LogP) is 3.43. The van der Waals surface area contributed by atoms with Crippen LogP contribution in [0.4, 0.5) is 0 Å². The molecule has 0 fully saturated rings. The third kappa shape index (κ3) is 6.19. The number of carbonyl (C=O) groups is 1. The molecule has 0 spiro atoms. The fourth-order valence-electron chi connectivity index (χ4n) is 2.53. The number of sulfone groups is 1. The number of carbonyl (C=O) groups excluding carboxylic acids is 1. The highest BCUT2D eigenvalue weighted by Gasteiger charge is 2.11. The minimum Gasteiger partial charge on any atom is -0.494 e. The molecule has 26 heavy (non-hydrogen) atoms. The van der Waals surface area contributed by atoms with E-state index in [1.807, 2.05) is 38.1 Å². The Labute approximate surface area is 155 Å². The highest BCUT2D eigenvalue weighted by Crippen LogP contribution is 2.17. The molecular formula is C20H25NO4S. The van der Waals surface area contributed by atoms with Gasteiger partial charge in [-0.15, -0.1) is 0 Å². The van der Waals surface area contributed by atoms with Crippen LogP contribution in [0.3, 0.4) is 0 Å². The number of hydrogen-bond donors (Lipinski definition) is 1. The highest BCUT2D eigenvalue weighted by molar-refractivity contribution is 7.90. The summed E-state index contributed by atoms with van der Waals surface area (Å²) in [5.74, 6) is 0.752. The van der Waals surface area contributed by atoms with Crippen LogP contribution in [-0.2, 0) is 14.6 Å². The van der Waals surface area contributed by atoms with Crippen molar-refractivity contribution in [3.05, 3.63) is 59.7 Å². The Morgan fingerprint density at radius 1 is 1.15 bits per heavy atom. The molecule has 1 N–H and O–H groups in total. The number of ether oxygens (including phenoxy) is 1. The van der Waals surface area contributed by atoms with Crippen LogP contribution in [0.2, 0.25) is 0 Å². The summed E-state index contributed by atoms with van der Waals surface area (Å²) < 4.78 is 28.6. The predicted molar refractivity (Wildman–Crippen MR) is 102 cm³/mol. The van der Waals surface area contributed by atoms with Crippen molar-refractivity contribution in [1.29, 1.82) is 0 Å². The Hall–Kier alpha value is -2.34. The summed E-state index contributed by atoms with van der Waals surface area (Å²) in [4.78, 5) is 12.3. The smallest absolute Gasteiger partial charge is 0.220 e. The molecule has 1 amide bonds. The summed E-state index contributed by atoms with van der Waals surface area (Å²) in [6, 6.07) is 14.2. The Kier molecular flexibility index (Phi) is 6.80. The van der Waals surface area contributed by atoms with E-state index in [4.69, 9.17) is 4.74 Å². The molecule has 0 heterocycles. The molecule has 2 aromatic carbocycles. The van der Waals surface area contributed by atoms with Crippen molar-refractivity contribution in [2.24, 2.45) is 0 Å². The fourth-order valence-corrected chi connectivity index (χ4v) is 3.16. The molecule has 5 nitrogen and oxygen atoms in total. The number of rotatable bonds is 8. The Balaban J connectivity index is 1.76. The van der Waals surface area contributed by atoms with Gasteiger partial charge in [-0.1, -0.05) is 24.3 Å². The second kappa shape index (κ2) is 8.85. The first kappa shape index (κ1) is 20.0. The van der Waals surface area contributed by atoms with Crippen LogP contribution in [0, 0.1) is 6.92 Å². The minimum atomic E-state index is -3.21. The van der Waals surface area contributed by atoms with E-state index in [2.05, 4.69) is 5.32 Å². The summed E-state index contributed by atoms with van der Waals surface area (Å²) in [5.41, 5.74) is 2.00. The van der Waals surface area contributed by atoms with Crippen LogP contribution >= 0.6 is 0 Å². The molecule has 0 saturated carbocycles. The number of hydrogen-bond acceptors (Lipinski definition) is 4. The molecule has 2 aromatic rings. The van der Waals surface area contributed by atoms with Crippen molar-refractivity contribution in [1.82, 2.24) is 5.32 Å². The normalized spacial score (nSPS) is 12.4. The fraction of sp³-hybridized carbons (Fsp3) is 0.350. The van der Waals surface area contributed by atoms with Crippen molar-refractivity contribution in [2.45, 2.75) is 37.6 Å². The van der Waals surface area contributed by atoms with Gasteiger partial charge in [0.2, 0.25) is 5.91 Å². The van der Waals surface area contributed by atoms with Gasteiger partial charge in [0.1, 0.15) is 5.75 Å². The summed E-state index contributed by atoms with van der Waals surface area (Å²) in [6.07, 6.45) is 2.17. The maximum Gasteiger partial charge on any atom is 0.220 e. The van der Waals surface area contributed by atoms with Crippen molar-refractivity contribution in [3.63, 3.8) is 0 Å². The highest BCUT2D eigenvalue weighted by atomic mass is 32.2. The van der Waals surface area contributed by atoms with E-state index in [0.29, 0.717) is 19.4 Å². The molecule has 0 unspecified atom stereocenters. The first-order valence-corrected chi connectivity index (χ1v) is 10.4. The largest absolute Gasteiger partial charge is 0.494 e. The lowest BCUT2D eigenvalue weighted by molar-refractivity contribution is -0.121. The van der Waals surface area contributed by atoms with Crippen molar-refractivity contribution in [3.8, 4) is 5.75 Å². The minimum absolute atomic E-state index is 0.0578. The number of aryl methyl sites for hydroxylation is 1. The van der Waals surface area contributed by atoms with E-state index >= 15 is 0 Å². The zero-order valence-corrected chi connectivity index (χ0v) is 16.2. The van der Waals surface area contributed by atoms with Gasteiger partial charge < -0.3 is 10.1 Å². The second-order valence-corrected chi connectivity index (χ2v) is 8.41. The number of benzene rings is 2. The van der Waals surface area contributed by atoms with Gasteiger partial charge in [0, 0.05) is 12.7 Å². The maximum atomic E-state index is 12.1. The lowest BCUT2D eigenvalue weighted by Gasteiger charge is -2.15. The number of amides is 1. The molecule has 0 bridgehead atoms. The summed E-state index contributed by atoms with van der Waals surface area (Å²) in [7, 11) is -3.21. The lowest BCUT2D eigenvalue weighted by Crippen LogP contribution is -2.26. The van der Waals surface area contributed by atoms with Crippen LogP contribution in [0.25, 0.3) is 0 Å². The van der Waals surface area contributed by atoms with E-state index in [9.17, 15) is 13.2 Å². The summed E-state index contributed by atoms with van der Waals surface area (Å²) >= 11 is 0. The van der Waals surface area contributed by atoms with Crippen LogP contribution in [-0.4, -0.2) is 27.2 Å². The van der Waals surface area contributed by atoms with Crippen LogP contribution in [0.15, 0.2) is 53.4 Å². The summed E-state index contributed by atoms with van der Waals surface area (Å²) in [6.45, 7) is 4.36. The first-order valence-electron chi connectivity index (χ1n) is 8.54. The standard InChI is InChI=1S/C20H25NO4S/c1-15-6-4-7-18(14-15)25-13-5-8-20(22)21-16(2)17-9-11-19(12-10-17)26(3,23)24/h4,6-7,9-12,14,16H,5,8,13H2,1-3H3,(H,21,22)/t16-/m0/s1. The van der Waals surface area contributed by atoms with Gasteiger partial charge in [-0.3, -0.25) is 4.79 Å². The van der Waals surface area contributed by atoms with Gasteiger partial charge in [-0.05, 0) is 55.7 Å². The molecule has 2 rings (SSSR count). The number of nitrogens with one attached hydrogen (secondary N) is 1. The summed E-state index contributed by atoms with van der Waals surface area (Å²) in [5, 5.41) is 2.92. The van der Waals surface area contributed by atoms with Gasteiger partial charge in [0.25, 0.3) is 0 Å². The Morgan fingerprint density at radius 2 is 1.85 bits per heavy atom. The van der Waals surface area contributed by atoms with Crippen LogP contribution in [0.5, 0.6) is 5.75 Å². The van der Waals surface area contributed by atoms with Gasteiger partial charge in [-0.25, -0.2) is 8.42 Å². The average molecular weight is 375 g/mol. The SMILES string of the molecule is Cc1cccc(OCCCC(=O)N[C@@H](C)c2ccc(S(C)(=O)=O)cc2)c1. The zero-order chi connectivity index (χ0) is 19.2. The molecule has 6 heteroatoms. The topological polar surface area (TPSA) is 72.5 Å².